The molecule has 1 amide bonds. The van der Waals surface area contributed by atoms with Gasteiger partial charge in [-0.25, -0.2) is 18.1 Å². The zero-order valence-electron chi connectivity index (χ0n) is 14.4. The molecule has 1 unspecified atom stereocenters. The Balaban J connectivity index is 1.82. The van der Waals surface area contributed by atoms with Crippen LogP contribution < -0.4 is 4.72 Å². The highest BCUT2D eigenvalue weighted by molar-refractivity contribution is 7.89. The van der Waals surface area contributed by atoms with Crippen molar-refractivity contribution in [1.29, 1.82) is 0 Å². The Morgan fingerprint density at radius 3 is 2.40 bits per heavy atom. The van der Waals surface area contributed by atoms with Gasteiger partial charge in [-0.1, -0.05) is 0 Å². The molecular weight excluding hydrogens is 358 g/mol. The molecule has 1 aromatic carbocycles. The number of amides is 1. The first kappa shape index (κ1) is 18.0. The van der Waals surface area contributed by atoms with Crippen LogP contribution in [0.3, 0.4) is 0 Å². The van der Waals surface area contributed by atoms with Crippen LogP contribution in [0.25, 0.3) is 0 Å². The Morgan fingerprint density at radius 2 is 1.92 bits per heavy atom. The highest BCUT2D eigenvalue weighted by Crippen LogP contribution is 2.42. The Hall–Kier alpha value is -1.77. The average molecular weight is 380 g/mol. The van der Waals surface area contributed by atoms with Crippen LogP contribution in [0.2, 0.25) is 0 Å². The van der Waals surface area contributed by atoms with Crippen LogP contribution in [0.15, 0.2) is 35.4 Å². The molecular formula is C17H21N3O3S2. The van der Waals surface area contributed by atoms with Crippen molar-refractivity contribution in [3.05, 3.63) is 45.9 Å². The minimum Gasteiger partial charge on any atom is -0.345 e. The molecule has 1 aliphatic carbocycles. The summed E-state index contributed by atoms with van der Waals surface area (Å²) in [5, 5.41) is 0.808. The summed E-state index contributed by atoms with van der Waals surface area (Å²) in [7, 11) is -0.359. The van der Waals surface area contributed by atoms with E-state index in [0.29, 0.717) is 11.5 Å². The smallest absolute Gasteiger partial charge is 0.253 e. The predicted octanol–water partition coefficient (Wildman–Crippen LogP) is 2.58. The van der Waals surface area contributed by atoms with Crippen LogP contribution in [0.5, 0.6) is 0 Å². The number of aryl methyl sites for hydroxylation is 1. The third kappa shape index (κ3) is 4.08. The van der Waals surface area contributed by atoms with Gasteiger partial charge in [0.05, 0.1) is 10.9 Å². The first-order valence-electron chi connectivity index (χ1n) is 8.04. The zero-order chi connectivity index (χ0) is 18.2. The fourth-order valence-corrected chi connectivity index (χ4v) is 4.83. The lowest BCUT2D eigenvalue weighted by Crippen LogP contribution is -2.30. The van der Waals surface area contributed by atoms with Crippen molar-refractivity contribution in [1.82, 2.24) is 14.6 Å². The standard InChI is InChI=1S/C17H21N3O3S2/c1-11-10-18-16(24-11)15(12-4-5-12)19-25(22,23)14-8-6-13(7-9-14)17(21)20(2)3/h6-10,12,15,19H,4-5H2,1-3H3. The van der Waals surface area contributed by atoms with Crippen LogP contribution in [0, 0.1) is 12.8 Å². The number of hydrogen-bond donors (Lipinski definition) is 1. The number of hydrogen-bond acceptors (Lipinski definition) is 5. The molecule has 0 bridgehead atoms. The summed E-state index contributed by atoms with van der Waals surface area (Å²) in [6, 6.07) is 5.73. The van der Waals surface area contributed by atoms with Gasteiger partial charge in [0.25, 0.3) is 5.91 Å². The summed E-state index contributed by atoms with van der Waals surface area (Å²) >= 11 is 1.52. The molecule has 6 nitrogen and oxygen atoms in total. The number of thiazole rings is 1. The largest absolute Gasteiger partial charge is 0.345 e. The van der Waals surface area contributed by atoms with Crippen LogP contribution in [-0.2, 0) is 10.0 Å². The maximum atomic E-state index is 12.7. The maximum absolute atomic E-state index is 12.7. The Bertz CT molecular complexity index is 869. The minimum absolute atomic E-state index is 0.154. The normalized spacial score (nSPS) is 15.8. The van der Waals surface area contributed by atoms with Crippen molar-refractivity contribution < 1.29 is 13.2 Å². The van der Waals surface area contributed by atoms with E-state index in [9.17, 15) is 13.2 Å². The van der Waals surface area contributed by atoms with Crippen LogP contribution >= 0.6 is 11.3 Å². The third-order valence-electron chi connectivity index (χ3n) is 4.10. The lowest BCUT2D eigenvalue weighted by atomic mass is 10.2. The molecule has 1 saturated carbocycles. The van der Waals surface area contributed by atoms with E-state index in [1.165, 1.54) is 40.5 Å². The van der Waals surface area contributed by atoms with E-state index in [2.05, 4.69) is 9.71 Å². The number of rotatable bonds is 6. The SMILES string of the molecule is Cc1cnc(C(NS(=O)(=O)c2ccc(C(=O)N(C)C)cc2)C2CC2)s1. The molecule has 0 aliphatic heterocycles. The Morgan fingerprint density at radius 1 is 1.28 bits per heavy atom. The van der Waals surface area contributed by atoms with Gasteiger partial charge < -0.3 is 4.90 Å². The second-order valence-corrected chi connectivity index (χ2v) is 9.45. The summed E-state index contributed by atoms with van der Waals surface area (Å²) in [5.74, 6) is 0.140. The van der Waals surface area contributed by atoms with E-state index < -0.39 is 10.0 Å². The summed E-state index contributed by atoms with van der Waals surface area (Å²) in [6.45, 7) is 1.96. The second kappa shape index (κ2) is 6.86. The lowest BCUT2D eigenvalue weighted by molar-refractivity contribution is 0.0827. The molecule has 1 heterocycles. The molecule has 1 fully saturated rings. The van der Waals surface area contributed by atoms with Crippen molar-refractivity contribution >= 4 is 27.3 Å². The Labute approximate surface area is 151 Å². The van der Waals surface area contributed by atoms with Gasteiger partial charge in [-0.2, -0.15) is 0 Å². The van der Waals surface area contributed by atoms with E-state index >= 15 is 0 Å². The summed E-state index contributed by atoms with van der Waals surface area (Å²) < 4.78 is 28.3. The summed E-state index contributed by atoms with van der Waals surface area (Å²) in [5.41, 5.74) is 0.457. The first-order valence-corrected chi connectivity index (χ1v) is 10.3. The Kier molecular flexibility index (Phi) is 4.95. The molecule has 0 radical (unpaired) electrons. The minimum atomic E-state index is -3.67. The van der Waals surface area contributed by atoms with Crippen molar-refractivity contribution in [2.75, 3.05) is 14.1 Å². The van der Waals surface area contributed by atoms with Crippen LogP contribution in [-0.4, -0.2) is 38.3 Å². The highest BCUT2D eigenvalue weighted by atomic mass is 32.2. The number of nitrogens with zero attached hydrogens (tertiary/aromatic N) is 2. The molecule has 134 valence electrons. The fraction of sp³-hybridized carbons (Fsp3) is 0.412. The van der Waals surface area contributed by atoms with Crippen molar-refractivity contribution in [3.8, 4) is 0 Å². The number of aromatic nitrogens is 1. The number of carbonyl (C=O) groups excluding carboxylic acids is 1. The molecule has 8 heteroatoms. The van der Waals surface area contributed by atoms with Gasteiger partial charge in [-0.05, 0) is 49.9 Å². The monoisotopic (exact) mass is 379 g/mol. The molecule has 0 saturated heterocycles. The quantitative estimate of drug-likeness (QED) is 0.837. The fourth-order valence-electron chi connectivity index (χ4n) is 2.56. The van der Waals surface area contributed by atoms with Gasteiger partial charge in [-0.15, -0.1) is 11.3 Å². The zero-order valence-corrected chi connectivity index (χ0v) is 16.0. The third-order valence-corrected chi connectivity index (χ3v) is 6.55. The van der Waals surface area contributed by atoms with Gasteiger partial charge in [0.2, 0.25) is 10.0 Å². The first-order chi connectivity index (χ1) is 11.8. The van der Waals surface area contributed by atoms with Gasteiger partial charge in [0, 0.05) is 30.7 Å². The molecule has 1 N–H and O–H groups in total. The number of carbonyl (C=O) groups is 1. The molecule has 1 aromatic heterocycles. The number of sulfonamides is 1. The molecule has 0 spiro atoms. The van der Waals surface area contributed by atoms with Gasteiger partial charge in [-0.3, -0.25) is 4.79 Å². The molecule has 2 aromatic rings. The number of benzene rings is 1. The van der Waals surface area contributed by atoms with E-state index in [4.69, 9.17) is 0 Å². The lowest BCUT2D eigenvalue weighted by Gasteiger charge is -2.16. The van der Waals surface area contributed by atoms with Crippen LogP contribution in [0.1, 0.15) is 39.1 Å². The topological polar surface area (TPSA) is 79.4 Å². The van der Waals surface area contributed by atoms with E-state index in [-0.39, 0.29) is 16.8 Å². The van der Waals surface area contributed by atoms with Gasteiger partial charge in [0.15, 0.2) is 0 Å². The van der Waals surface area contributed by atoms with Gasteiger partial charge in [0.1, 0.15) is 5.01 Å². The predicted molar refractivity (Wildman–Crippen MR) is 97.1 cm³/mol. The maximum Gasteiger partial charge on any atom is 0.253 e. The van der Waals surface area contributed by atoms with Crippen molar-refractivity contribution in [2.24, 2.45) is 5.92 Å². The van der Waals surface area contributed by atoms with Crippen molar-refractivity contribution in [2.45, 2.75) is 30.7 Å². The van der Waals surface area contributed by atoms with E-state index in [0.717, 1.165) is 22.7 Å². The molecule has 3 rings (SSSR count). The molecule has 25 heavy (non-hydrogen) atoms. The highest BCUT2D eigenvalue weighted by Gasteiger charge is 2.37. The second-order valence-electron chi connectivity index (χ2n) is 6.47. The van der Waals surface area contributed by atoms with Crippen molar-refractivity contribution in [3.63, 3.8) is 0 Å². The van der Waals surface area contributed by atoms with E-state index in [1.807, 2.05) is 6.92 Å². The average Bonchev–Trinajstić information content (AvgIpc) is 3.33. The molecule has 1 aliphatic rings. The summed E-state index contributed by atoms with van der Waals surface area (Å²) in [4.78, 5) is 18.9. The molecule has 1 atom stereocenters. The van der Waals surface area contributed by atoms with E-state index in [1.54, 1.807) is 20.3 Å². The van der Waals surface area contributed by atoms with Gasteiger partial charge >= 0.3 is 0 Å². The van der Waals surface area contributed by atoms with Crippen LogP contribution in [0.4, 0.5) is 0 Å². The number of nitrogens with one attached hydrogen (secondary N) is 1. The summed E-state index contributed by atoms with van der Waals surface area (Å²) in [6.07, 6.45) is 3.77.